The number of carbonyl (C=O) groups excluding carboxylic acids is 5. The van der Waals surface area contributed by atoms with Crippen LogP contribution in [-0.4, -0.2) is 130 Å². The summed E-state index contributed by atoms with van der Waals surface area (Å²) in [5, 5.41) is 19.8. The number of rotatable bonds is 11. The van der Waals surface area contributed by atoms with Gasteiger partial charge in [-0.3, -0.25) is 34.0 Å². The van der Waals surface area contributed by atoms with Crippen molar-refractivity contribution in [3.8, 4) is 28.1 Å². The first-order valence-corrected chi connectivity index (χ1v) is 24.4. The number of likely N-dealkylation sites (tertiary alicyclic amines) is 1. The minimum atomic E-state index is -1.17. The lowest BCUT2D eigenvalue weighted by atomic mass is 9.84. The maximum absolute atomic E-state index is 14.8. The number of hydrogen-bond donors (Lipinski definition) is 4. The van der Waals surface area contributed by atoms with Gasteiger partial charge in [-0.05, 0) is 125 Å². The van der Waals surface area contributed by atoms with Crippen LogP contribution in [0.1, 0.15) is 97.6 Å². The van der Waals surface area contributed by atoms with Crippen LogP contribution >= 0.6 is 0 Å². The van der Waals surface area contributed by atoms with Crippen molar-refractivity contribution in [1.82, 2.24) is 40.4 Å². The third-order valence-corrected chi connectivity index (χ3v) is 14.3. The highest BCUT2D eigenvalue weighted by molar-refractivity contribution is 5.96. The van der Waals surface area contributed by atoms with Crippen molar-refractivity contribution in [2.45, 2.75) is 124 Å². The van der Waals surface area contributed by atoms with Gasteiger partial charge in [-0.2, -0.15) is 0 Å². The molecule has 7 rings (SSSR count). The second-order valence-corrected chi connectivity index (χ2v) is 20.8. The van der Waals surface area contributed by atoms with Crippen LogP contribution < -0.4 is 16.1 Å². The topological polar surface area (TPSA) is 188 Å². The van der Waals surface area contributed by atoms with Crippen molar-refractivity contribution in [2.75, 3.05) is 47.4 Å². The molecular formula is C53H72N8O8. The maximum Gasteiger partial charge on any atom is 0.324 e. The Labute approximate surface area is 406 Å². The van der Waals surface area contributed by atoms with E-state index < -0.39 is 52.8 Å². The van der Waals surface area contributed by atoms with E-state index in [0.29, 0.717) is 49.9 Å². The van der Waals surface area contributed by atoms with E-state index in [-0.39, 0.29) is 55.7 Å². The number of methoxy groups -OCH3 is 1. The Morgan fingerprint density at radius 3 is 2.51 bits per heavy atom. The number of nitrogens with zero attached hydrogens (tertiary/aromatic N) is 5. The number of aromatic hydroxyl groups is 1. The summed E-state index contributed by atoms with van der Waals surface area (Å²) in [7, 11) is 4.99. The summed E-state index contributed by atoms with van der Waals surface area (Å²) < 4.78 is 14.2. The number of pyridine rings is 1. The number of fused-ring (bicyclic) bond motifs is 6. The third kappa shape index (κ3) is 10.7. The van der Waals surface area contributed by atoms with Gasteiger partial charge in [-0.1, -0.05) is 39.8 Å². The van der Waals surface area contributed by atoms with Crippen molar-refractivity contribution in [2.24, 2.45) is 17.3 Å². The number of phenols is 1. The quantitative estimate of drug-likeness (QED) is 0.134. The monoisotopic (exact) mass is 949 g/mol. The first-order valence-electron chi connectivity index (χ1n) is 24.4. The van der Waals surface area contributed by atoms with Gasteiger partial charge in [0.25, 0.3) is 5.91 Å². The standard InChI is InChI=1S/C53H72N8O8/c1-12-60-43-18-17-34-27-39(43)40(46(60)38-15-13-20-55-44(38)32(4)68-11)28-52(5,6)30-69-50(66)41-16-14-21-61(57-41)49(65)42(25-33-23-36(34)26-37(62)24-33)56-47(63)45(31(2)3)58(10)48(64)35-19-22-59(29-35)51(67)53(7,8)54-9/h13,15,17-18,20,23-24,26-27,31-32,35,41-42,45,54,57,62H,12,14,16,19,21-22,25,28-30H2,1-11H3,(H,56,63)/t32-,35-,41-,42-,45-/m0/s1. The summed E-state index contributed by atoms with van der Waals surface area (Å²) in [6.07, 6.45) is 3.42. The highest BCUT2D eigenvalue weighted by atomic mass is 16.5. The van der Waals surface area contributed by atoms with Crippen LogP contribution in [0.2, 0.25) is 0 Å². The van der Waals surface area contributed by atoms with E-state index in [2.05, 4.69) is 59.6 Å². The third-order valence-electron chi connectivity index (χ3n) is 14.3. The molecule has 0 radical (unpaired) electrons. The summed E-state index contributed by atoms with van der Waals surface area (Å²) >= 11 is 0. The number of hydrazine groups is 1. The van der Waals surface area contributed by atoms with Crippen LogP contribution in [0.15, 0.2) is 54.7 Å². The smallest absolute Gasteiger partial charge is 0.324 e. The largest absolute Gasteiger partial charge is 0.508 e. The molecule has 3 aliphatic rings. The van der Waals surface area contributed by atoms with Crippen LogP contribution in [0.4, 0.5) is 0 Å². The molecular weight excluding hydrogens is 877 g/mol. The first-order chi connectivity index (χ1) is 32.7. The van der Waals surface area contributed by atoms with E-state index in [0.717, 1.165) is 39.0 Å². The van der Waals surface area contributed by atoms with E-state index in [1.165, 1.54) is 9.91 Å². The molecule has 0 saturated carbocycles. The van der Waals surface area contributed by atoms with Gasteiger partial charge in [0, 0.05) is 74.8 Å². The second kappa shape index (κ2) is 20.6. The fourth-order valence-corrected chi connectivity index (χ4v) is 10.3. The van der Waals surface area contributed by atoms with Gasteiger partial charge in [0.15, 0.2) is 0 Å². The number of cyclic esters (lactones) is 1. The molecule has 0 aliphatic carbocycles. The van der Waals surface area contributed by atoms with Gasteiger partial charge in [0.05, 0.1) is 35.6 Å². The molecule has 4 amide bonds. The Bertz CT molecular complexity index is 2590. The van der Waals surface area contributed by atoms with E-state index in [4.69, 9.17) is 14.5 Å². The van der Waals surface area contributed by atoms with Crippen molar-refractivity contribution in [3.63, 3.8) is 0 Å². The van der Waals surface area contributed by atoms with Gasteiger partial charge in [-0.15, -0.1) is 0 Å². The van der Waals surface area contributed by atoms with Crippen LogP contribution in [0, 0.1) is 17.3 Å². The molecule has 4 aromatic rings. The number of carbonyl (C=O) groups is 5. The predicted octanol–water partition coefficient (Wildman–Crippen LogP) is 5.78. The second-order valence-electron chi connectivity index (χ2n) is 20.8. The summed E-state index contributed by atoms with van der Waals surface area (Å²) in [4.78, 5) is 78.7. The Morgan fingerprint density at radius 1 is 1.06 bits per heavy atom. The summed E-state index contributed by atoms with van der Waals surface area (Å²) in [5.74, 6) is -2.71. The normalized spacial score (nSPS) is 20.9. The lowest BCUT2D eigenvalue weighted by Gasteiger charge is -2.37. The predicted molar refractivity (Wildman–Crippen MR) is 265 cm³/mol. The molecule has 2 aromatic heterocycles. The minimum Gasteiger partial charge on any atom is -0.508 e. The average Bonchev–Trinajstić information content (AvgIpc) is 3.94. The molecule has 69 heavy (non-hydrogen) atoms. The molecule has 372 valence electrons. The minimum absolute atomic E-state index is 0.0113. The van der Waals surface area contributed by atoms with Gasteiger partial charge in [0.1, 0.15) is 23.9 Å². The zero-order valence-corrected chi connectivity index (χ0v) is 42.3. The number of phenolic OH excluding ortho intramolecular Hbond substituents is 1. The molecule has 16 nitrogen and oxygen atoms in total. The number of benzene rings is 2. The van der Waals surface area contributed by atoms with Gasteiger partial charge in [0.2, 0.25) is 17.7 Å². The number of amides is 4. The maximum atomic E-state index is 14.8. The van der Waals surface area contributed by atoms with Crippen molar-refractivity contribution >= 4 is 40.5 Å². The zero-order valence-electron chi connectivity index (χ0n) is 42.3. The molecule has 5 atom stereocenters. The van der Waals surface area contributed by atoms with E-state index in [1.54, 1.807) is 58.3 Å². The van der Waals surface area contributed by atoms with Gasteiger partial charge in [-0.25, -0.2) is 5.43 Å². The molecule has 2 fully saturated rings. The molecule has 0 spiro atoms. The Kier molecular flexibility index (Phi) is 15.3. The summed E-state index contributed by atoms with van der Waals surface area (Å²) in [6, 6.07) is 12.5. The van der Waals surface area contributed by atoms with E-state index >= 15 is 0 Å². The fraction of sp³-hybridized carbons (Fsp3) is 0.547. The highest BCUT2D eigenvalue weighted by Gasteiger charge is 2.42. The number of aryl methyl sites for hydroxylation is 1. The molecule has 2 saturated heterocycles. The summed E-state index contributed by atoms with van der Waals surface area (Å²) in [5.41, 5.74) is 8.74. The van der Waals surface area contributed by atoms with Crippen LogP contribution in [0.25, 0.3) is 33.3 Å². The number of likely N-dealkylation sites (N-methyl/N-ethyl adjacent to an activating group) is 2. The molecule has 0 unspecified atom stereocenters. The highest BCUT2D eigenvalue weighted by Crippen LogP contribution is 2.42. The number of nitrogens with one attached hydrogen (secondary N) is 3. The number of hydrogen-bond acceptors (Lipinski definition) is 11. The van der Waals surface area contributed by atoms with E-state index in [1.807, 2.05) is 39.0 Å². The van der Waals surface area contributed by atoms with Crippen molar-refractivity contribution < 1.29 is 38.6 Å². The van der Waals surface area contributed by atoms with Gasteiger partial charge >= 0.3 is 5.97 Å². The van der Waals surface area contributed by atoms with Crippen molar-refractivity contribution in [1.29, 1.82) is 0 Å². The first kappa shape index (κ1) is 51.0. The SMILES string of the molecule is CCn1c(-c2cccnc2[C@H](C)OC)c2c3cc(ccc31)-c1cc(O)cc(c1)C[C@H](NC(=O)[C@H](C(C)C)N(C)C(=O)[C@H]1CCN(C(=O)C(C)(C)NC)C1)C(=O)N1CCC[C@H](N1)C(=O)OCC(C)(C)C2. The van der Waals surface area contributed by atoms with Gasteiger partial charge < -0.3 is 39.6 Å². The molecule has 6 bridgehead atoms. The van der Waals surface area contributed by atoms with Crippen LogP contribution in [0.5, 0.6) is 5.75 Å². The number of esters is 1. The molecule has 4 N–H and O–H groups in total. The fourth-order valence-electron chi connectivity index (χ4n) is 10.3. The zero-order chi connectivity index (χ0) is 50.1. The lowest BCUT2D eigenvalue weighted by molar-refractivity contribution is -0.155. The van der Waals surface area contributed by atoms with Crippen LogP contribution in [-0.2, 0) is 52.8 Å². The van der Waals surface area contributed by atoms with E-state index in [9.17, 15) is 29.1 Å². The Balaban J connectivity index is 1.28. The average molecular weight is 949 g/mol. The molecule has 2 aromatic carbocycles. The lowest BCUT2D eigenvalue weighted by Crippen LogP contribution is -2.62. The molecule has 3 aliphatic heterocycles. The Morgan fingerprint density at radius 2 is 1.81 bits per heavy atom. The van der Waals surface area contributed by atoms with Crippen molar-refractivity contribution in [3.05, 3.63) is 71.5 Å². The molecule has 16 heteroatoms. The number of aromatic nitrogens is 2. The summed E-state index contributed by atoms with van der Waals surface area (Å²) in [6.45, 7) is 17.2. The number of ether oxygens (including phenoxy) is 2. The van der Waals surface area contributed by atoms with Crippen LogP contribution in [0.3, 0.4) is 0 Å². The molecule has 5 heterocycles. The Hall–Kier alpha value is -5.84.